The van der Waals surface area contributed by atoms with Gasteiger partial charge in [-0.1, -0.05) is 29.3 Å². The summed E-state index contributed by atoms with van der Waals surface area (Å²) in [6.45, 7) is 1.62. The van der Waals surface area contributed by atoms with Crippen LogP contribution >= 0.6 is 23.2 Å². The Morgan fingerprint density at radius 3 is 2.70 bits per heavy atom. The van der Waals surface area contributed by atoms with Crippen molar-refractivity contribution in [3.8, 4) is 11.3 Å². The maximum absolute atomic E-state index is 6.19. The van der Waals surface area contributed by atoms with Crippen LogP contribution in [0.3, 0.4) is 0 Å². The lowest BCUT2D eigenvalue weighted by Crippen LogP contribution is -3.00. The number of benzene rings is 1. The molecule has 6 heteroatoms. The zero-order valence-corrected chi connectivity index (χ0v) is 14.4. The van der Waals surface area contributed by atoms with Crippen molar-refractivity contribution in [3.05, 3.63) is 76.2 Å². The largest absolute Gasteiger partial charge is 1.00 e. The molecule has 0 unspecified atom stereocenters. The molecule has 23 heavy (non-hydrogen) atoms. The minimum atomic E-state index is 0. The molecule has 0 fully saturated rings. The number of aromatic nitrogens is 1. The summed E-state index contributed by atoms with van der Waals surface area (Å²) >= 11 is 12.2. The van der Waals surface area contributed by atoms with Crippen molar-refractivity contribution in [1.82, 2.24) is 4.98 Å². The van der Waals surface area contributed by atoms with Crippen LogP contribution in [-0.2, 0) is 13.1 Å². The molecular weight excluding hydrogens is 355 g/mol. The van der Waals surface area contributed by atoms with Crippen LogP contribution in [-0.4, -0.2) is 4.98 Å². The van der Waals surface area contributed by atoms with Gasteiger partial charge in [0.25, 0.3) is 0 Å². The first-order valence-electron chi connectivity index (χ1n) is 6.97. The molecule has 0 aliphatic rings. The second kappa shape index (κ2) is 8.37. The van der Waals surface area contributed by atoms with E-state index in [0.717, 1.165) is 30.2 Å². The van der Waals surface area contributed by atoms with Crippen LogP contribution in [0.2, 0.25) is 10.0 Å². The highest BCUT2D eigenvalue weighted by Crippen LogP contribution is 2.31. The fraction of sp³-hybridized carbons (Fsp3) is 0.118. The van der Waals surface area contributed by atoms with E-state index in [9.17, 15) is 0 Å². The average molecular weight is 370 g/mol. The highest BCUT2D eigenvalue weighted by atomic mass is 35.5. The molecule has 2 N–H and O–H groups in total. The number of nitrogens with two attached hydrogens (primary N) is 1. The van der Waals surface area contributed by atoms with E-state index in [0.29, 0.717) is 10.0 Å². The Morgan fingerprint density at radius 1 is 1.04 bits per heavy atom. The van der Waals surface area contributed by atoms with E-state index in [1.54, 1.807) is 18.3 Å². The number of halogens is 3. The van der Waals surface area contributed by atoms with Gasteiger partial charge in [0.05, 0.1) is 5.02 Å². The minimum Gasteiger partial charge on any atom is -1.00 e. The molecule has 2 heterocycles. The first-order valence-corrected chi connectivity index (χ1v) is 7.72. The third-order valence-corrected chi connectivity index (χ3v) is 3.87. The highest BCUT2D eigenvalue weighted by Gasteiger charge is 2.10. The number of hydrogen-bond acceptors (Lipinski definition) is 2. The van der Waals surface area contributed by atoms with Crippen LogP contribution in [0.5, 0.6) is 0 Å². The highest BCUT2D eigenvalue weighted by molar-refractivity contribution is 6.35. The van der Waals surface area contributed by atoms with Gasteiger partial charge in [-0.25, -0.2) is 0 Å². The monoisotopic (exact) mass is 368 g/mol. The lowest BCUT2D eigenvalue weighted by Gasteiger charge is -2.02. The van der Waals surface area contributed by atoms with Crippen LogP contribution in [0.1, 0.15) is 11.3 Å². The summed E-state index contributed by atoms with van der Waals surface area (Å²) in [6.07, 6.45) is 3.65. The maximum atomic E-state index is 6.19. The number of pyridine rings is 1. The molecule has 0 saturated heterocycles. The average Bonchev–Trinajstić information content (AvgIpc) is 2.99. The van der Waals surface area contributed by atoms with Crippen molar-refractivity contribution >= 4 is 23.2 Å². The number of hydrogen-bond donors (Lipinski definition) is 1. The number of quaternary nitrogens is 1. The number of nitrogens with zero attached hydrogens (tertiary/aromatic N) is 1. The predicted octanol–water partition coefficient (Wildman–Crippen LogP) is 0.916. The second-order valence-electron chi connectivity index (χ2n) is 4.95. The first-order chi connectivity index (χ1) is 10.7. The predicted molar refractivity (Wildman–Crippen MR) is 87.7 cm³/mol. The Balaban J connectivity index is 0.00000192. The first kappa shape index (κ1) is 17.8. The van der Waals surface area contributed by atoms with Gasteiger partial charge in [0, 0.05) is 28.5 Å². The van der Waals surface area contributed by atoms with E-state index in [1.807, 2.05) is 30.5 Å². The molecule has 2 aromatic heterocycles. The normalized spacial score (nSPS) is 10.3. The van der Waals surface area contributed by atoms with E-state index in [1.165, 1.54) is 5.56 Å². The summed E-state index contributed by atoms with van der Waals surface area (Å²) < 4.78 is 5.85. The molecule has 3 rings (SSSR count). The van der Waals surface area contributed by atoms with Gasteiger partial charge < -0.3 is 22.1 Å². The quantitative estimate of drug-likeness (QED) is 0.727. The Labute approximate surface area is 151 Å². The van der Waals surface area contributed by atoms with Gasteiger partial charge >= 0.3 is 0 Å². The molecule has 1 aromatic carbocycles. The topological polar surface area (TPSA) is 42.6 Å². The van der Waals surface area contributed by atoms with Gasteiger partial charge in [-0.2, -0.15) is 0 Å². The molecule has 0 bridgehead atoms. The third kappa shape index (κ3) is 4.72. The van der Waals surface area contributed by atoms with Crippen molar-refractivity contribution < 1.29 is 22.1 Å². The van der Waals surface area contributed by atoms with E-state index >= 15 is 0 Å². The number of rotatable bonds is 5. The minimum absolute atomic E-state index is 0. The molecule has 0 spiro atoms. The Morgan fingerprint density at radius 2 is 1.91 bits per heavy atom. The van der Waals surface area contributed by atoms with Crippen LogP contribution in [0, 0.1) is 0 Å². The Kier molecular flexibility index (Phi) is 6.48. The summed E-state index contributed by atoms with van der Waals surface area (Å²) in [7, 11) is 0. The van der Waals surface area contributed by atoms with Crippen LogP contribution < -0.4 is 17.7 Å². The standard InChI is InChI=1S/C17H14Cl2N2O.ClH/c18-13-3-5-16(19)15(8-13)17-6-4-14(22-17)11-21-10-12-2-1-7-20-9-12;/h1-9,21H,10-11H2;1H. The molecule has 120 valence electrons. The molecule has 0 aliphatic heterocycles. The summed E-state index contributed by atoms with van der Waals surface area (Å²) in [6, 6.07) is 13.2. The van der Waals surface area contributed by atoms with Crippen LogP contribution in [0.25, 0.3) is 11.3 Å². The molecule has 0 aliphatic carbocycles. The van der Waals surface area contributed by atoms with Gasteiger partial charge in [0.15, 0.2) is 5.76 Å². The SMILES string of the molecule is Clc1ccc(Cl)c(-c2ccc(C[NH2+]Cc3cccnc3)o2)c1.[Cl-]. The molecular formula is C17H15Cl3N2O. The Hall–Kier alpha value is -1.52. The molecule has 0 radical (unpaired) electrons. The van der Waals surface area contributed by atoms with Gasteiger partial charge in [-0.3, -0.25) is 4.98 Å². The van der Waals surface area contributed by atoms with Crippen molar-refractivity contribution in [2.45, 2.75) is 13.1 Å². The summed E-state index contributed by atoms with van der Waals surface area (Å²) in [5.41, 5.74) is 2.00. The summed E-state index contributed by atoms with van der Waals surface area (Å²) in [5.74, 6) is 1.63. The van der Waals surface area contributed by atoms with Crippen molar-refractivity contribution in [2.75, 3.05) is 0 Å². The molecule has 3 nitrogen and oxygen atoms in total. The van der Waals surface area contributed by atoms with Crippen LogP contribution in [0.4, 0.5) is 0 Å². The van der Waals surface area contributed by atoms with Crippen molar-refractivity contribution in [2.24, 2.45) is 0 Å². The fourth-order valence-corrected chi connectivity index (χ4v) is 2.60. The molecule has 0 saturated carbocycles. The van der Waals surface area contributed by atoms with Gasteiger partial charge in [-0.15, -0.1) is 0 Å². The zero-order chi connectivity index (χ0) is 15.4. The lowest BCUT2D eigenvalue weighted by molar-refractivity contribution is -0.688. The zero-order valence-electron chi connectivity index (χ0n) is 12.2. The third-order valence-electron chi connectivity index (χ3n) is 3.30. The van der Waals surface area contributed by atoms with Crippen molar-refractivity contribution in [1.29, 1.82) is 0 Å². The second-order valence-corrected chi connectivity index (χ2v) is 5.79. The van der Waals surface area contributed by atoms with Gasteiger partial charge in [-0.05, 0) is 36.4 Å². The van der Waals surface area contributed by atoms with Gasteiger partial charge in [0.1, 0.15) is 18.8 Å². The Bertz CT molecular complexity index is 760. The molecule has 0 atom stereocenters. The lowest BCUT2D eigenvalue weighted by atomic mass is 10.2. The van der Waals surface area contributed by atoms with Crippen LogP contribution in [0.15, 0.2) is 59.3 Å². The smallest absolute Gasteiger partial charge is 0.158 e. The van der Waals surface area contributed by atoms with E-state index in [-0.39, 0.29) is 12.4 Å². The fourth-order valence-electron chi connectivity index (χ4n) is 2.22. The number of furan rings is 1. The summed E-state index contributed by atoms with van der Waals surface area (Å²) in [4.78, 5) is 4.10. The summed E-state index contributed by atoms with van der Waals surface area (Å²) in [5, 5.41) is 3.43. The molecule has 0 amide bonds. The van der Waals surface area contributed by atoms with E-state index in [4.69, 9.17) is 27.6 Å². The van der Waals surface area contributed by atoms with E-state index in [2.05, 4.69) is 16.4 Å². The van der Waals surface area contributed by atoms with Crippen molar-refractivity contribution in [3.63, 3.8) is 0 Å². The molecule has 3 aromatic rings. The van der Waals surface area contributed by atoms with Gasteiger partial charge in [0.2, 0.25) is 0 Å². The van der Waals surface area contributed by atoms with E-state index < -0.39 is 0 Å². The maximum Gasteiger partial charge on any atom is 0.158 e.